The van der Waals surface area contributed by atoms with Crippen molar-refractivity contribution in [1.82, 2.24) is 10.3 Å². The summed E-state index contributed by atoms with van der Waals surface area (Å²) >= 11 is 0. The molecular formula is C14H20FN3. The van der Waals surface area contributed by atoms with Crippen molar-refractivity contribution in [1.29, 1.82) is 0 Å². The SMILES string of the molecule is Fc1ccc(N2CCCC(CNC3CC3)C2)nc1. The van der Waals surface area contributed by atoms with Crippen LogP contribution in [0.3, 0.4) is 0 Å². The minimum atomic E-state index is -0.261. The lowest BCUT2D eigenvalue weighted by atomic mass is 9.98. The Hall–Kier alpha value is -1.16. The van der Waals surface area contributed by atoms with Crippen LogP contribution in [0, 0.1) is 11.7 Å². The maximum absolute atomic E-state index is 12.9. The fourth-order valence-corrected chi connectivity index (χ4v) is 2.62. The van der Waals surface area contributed by atoms with Gasteiger partial charge >= 0.3 is 0 Å². The molecule has 0 bridgehead atoms. The molecule has 3 nitrogen and oxygen atoms in total. The molecule has 0 aromatic carbocycles. The topological polar surface area (TPSA) is 28.2 Å². The zero-order valence-corrected chi connectivity index (χ0v) is 10.6. The minimum absolute atomic E-state index is 0.261. The number of rotatable bonds is 4. The van der Waals surface area contributed by atoms with E-state index in [4.69, 9.17) is 0 Å². The summed E-state index contributed by atoms with van der Waals surface area (Å²) in [5.41, 5.74) is 0. The van der Waals surface area contributed by atoms with Gasteiger partial charge in [0.25, 0.3) is 0 Å². The molecule has 0 spiro atoms. The molecule has 1 atom stereocenters. The standard InChI is InChI=1S/C14H20FN3/c15-12-3-6-14(17-9-12)18-7-1-2-11(10-18)8-16-13-4-5-13/h3,6,9,11,13,16H,1-2,4-5,7-8,10H2. The number of piperidine rings is 1. The van der Waals surface area contributed by atoms with Gasteiger partial charge in [0.05, 0.1) is 6.20 Å². The first-order chi connectivity index (χ1) is 8.81. The van der Waals surface area contributed by atoms with E-state index in [0.717, 1.165) is 31.5 Å². The molecule has 2 fully saturated rings. The second kappa shape index (κ2) is 5.22. The number of halogens is 1. The predicted molar refractivity (Wildman–Crippen MR) is 70.2 cm³/mol. The highest BCUT2D eigenvalue weighted by Crippen LogP contribution is 2.23. The Labute approximate surface area is 107 Å². The van der Waals surface area contributed by atoms with Gasteiger partial charge in [-0.15, -0.1) is 0 Å². The first-order valence-corrected chi connectivity index (χ1v) is 6.91. The lowest BCUT2D eigenvalue weighted by molar-refractivity contribution is 0.389. The van der Waals surface area contributed by atoms with E-state index in [1.807, 2.05) is 0 Å². The van der Waals surface area contributed by atoms with Crippen molar-refractivity contribution >= 4 is 5.82 Å². The third-order valence-corrected chi connectivity index (χ3v) is 3.83. The molecule has 0 radical (unpaired) electrons. The first-order valence-electron chi connectivity index (χ1n) is 6.91. The lowest BCUT2D eigenvalue weighted by Crippen LogP contribution is -2.40. The van der Waals surface area contributed by atoms with Crippen LogP contribution in [0.5, 0.6) is 0 Å². The number of hydrogen-bond donors (Lipinski definition) is 1. The van der Waals surface area contributed by atoms with Crippen molar-refractivity contribution in [2.75, 3.05) is 24.5 Å². The number of hydrogen-bond acceptors (Lipinski definition) is 3. The zero-order valence-electron chi connectivity index (χ0n) is 10.6. The monoisotopic (exact) mass is 249 g/mol. The molecule has 3 rings (SSSR count). The molecule has 98 valence electrons. The summed E-state index contributed by atoms with van der Waals surface area (Å²) in [6, 6.07) is 4.06. The van der Waals surface area contributed by atoms with Gasteiger partial charge < -0.3 is 10.2 Å². The molecule has 2 aliphatic rings. The molecule has 4 heteroatoms. The Morgan fingerprint density at radius 2 is 2.22 bits per heavy atom. The maximum atomic E-state index is 12.9. The molecule has 1 saturated heterocycles. The summed E-state index contributed by atoms with van der Waals surface area (Å²) < 4.78 is 12.9. The van der Waals surface area contributed by atoms with E-state index in [0.29, 0.717) is 5.92 Å². The van der Waals surface area contributed by atoms with Gasteiger partial charge in [-0.3, -0.25) is 0 Å². The molecule has 2 heterocycles. The molecule has 1 aromatic rings. The quantitative estimate of drug-likeness (QED) is 0.886. The van der Waals surface area contributed by atoms with E-state index in [1.54, 1.807) is 6.07 Å². The molecule has 0 amide bonds. The summed E-state index contributed by atoms with van der Waals surface area (Å²) in [4.78, 5) is 6.45. The van der Waals surface area contributed by atoms with E-state index in [2.05, 4.69) is 15.2 Å². The van der Waals surface area contributed by atoms with Crippen LogP contribution in [0.25, 0.3) is 0 Å². The molecule has 18 heavy (non-hydrogen) atoms. The van der Waals surface area contributed by atoms with Crippen molar-refractivity contribution in [2.45, 2.75) is 31.7 Å². The Balaban J connectivity index is 1.56. The molecule has 1 saturated carbocycles. The smallest absolute Gasteiger partial charge is 0.141 e. The number of aromatic nitrogens is 1. The third-order valence-electron chi connectivity index (χ3n) is 3.83. The highest BCUT2D eigenvalue weighted by molar-refractivity contribution is 5.38. The second-order valence-electron chi connectivity index (χ2n) is 5.47. The van der Waals surface area contributed by atoms with Gasteiger partial charge in [-0.2, -0.15) is 0 Å². The number of nitrogens with one attached hydrogen (secondary N) is 1. The average Bonchev–Trinajstić information content (AvgIpc) is 3.22. The van der Waals surface area contributed by atoms with Gasteiger partial charge in [-0.1, -0.05) is 0 Å². The zero-order chi connectivity index (χ0) is 12.4. The fraction of sp³-hybridized carbons (Fsp3) is 0.643. The number of nitrogens with zero attached hydrogens (tertiary/aromatic N) is 2. The Morgan fingerprint density at radius 1 is 1.33 bits per heavy atom. The normalized spacial score (nSPS) is 24.3. The van der Waals surface area contributed by atoms with Crippen LogP contribution in [-0.2, 0) is 0 Å². The molecule has 1 N–H and O–H groups in total. The van der Waals surface area contributed by atoms with Crippen LogP contribution in [0.1, 0.15) is 25.7 Å². The van der Waals surface area contributed by atoms with E-state index < -0.39 is 0 Å². The third kappa shape index (κ3) is 2.99. The van der Waals surface area contributed by atoms with Gasteiger partial charge in [0.15, 0.2) is 0 Å². The van der Waals surface area contributed by atoms with Crippen LogP contribution >= 0.6 is 0 Å². The summed E-state index contributed by atoms with van der Waals surface area (Å²) in [5, 5.41) is 3.60. The van der Waals surface area contributed by atoms with Crippen LogP contribution in [0.15, 0.2) is 18.3 Å². The largest absolute Gasteiger partial charge is 0.356 e. The van der Waals surface area contributed by atoms with E-state index >= 15 is 0 Å². The number of anilines is 1. The first kappa shape index (κ1) is 11.9. The summed E-state index contributed by atoms with van der Waals surface area (Å²) in [6.45, 7) is 3.19. The fourth-order valence-electron chi connectivity index (χ4n) is 2.62. The molecule has 1 aromatic heterocycles. The highest BCUT2D eigenvalue weighted by atomic mass is 19.1. The average molecular weight is 249 g/mol. The van der Waals surface area contributed by atoms with E-state index in [-0.39, 0.29) is 5.82 Å². The Morgan fingerprint density at radius 3 is 2.94 bits per heavy atom. The van der Waals surface area contributed by atoms with Gasteiger partial charge in [-0.05, 0) is 50.3 Å². The van der Waals surface area contributed by atoms with Crippen LogP contribution in [-0.4, -0.2) is 30.7 Å². The van der Waals surface area contributed by atoms with E-state index in [1.165, 1.54) is 37.9 Å². The van der Waals surface area contributed by atoms with Crippen molar-refractivity contribution in [2.24, 2.45) is 5.92 Å². The highest BCUT2D eigenvalue weighted by Gasteiger charge is 2.25. The van der Waals surface area contributed by atoms with Gasteiger partial charge in [-0.25, -0.2) is 9.37 Å². The van der Waals surface area contributed by atoms with E-state index in [9.17, 15) is 4.39 Å². The van der Waals surface area contributed by atoms with Crippen LogP contribution in [0.2, 0.25) is 0 Å². The van der Waals surface area contributed by atoms with Crippen molar-refractivity contribution in [3.8, 4) is 0 Å². The van der Waals surface area contributed by atoms with Crippen molar-refractivity contribution in [3.05, 3.63) is 24.1 Å². The molecule has 1 unspecified atom stereocenters. The van der Waals surface area contributed by atoms with Gasteiger partial charge in [0, 0.05) is 19.1 Å². The lowest BCUT2D eigenvalue weighted by Gasteiger charge is -2.33. The van der Waals surface area contributed by atoms with Crippen LogP contribution < -0.4 is 10.2 Å². The summed E-state index contributed by atoms with van der Waals surface area (Å²) in [6.07, 6.45) is 6.49. The molecule has 1 aliphatic carbocycles. The molecular weight excluding hydrogens is 229 g/mol. The van der Waals surface area contributed by atoms with Crippen molar-refractivity contribution in [3.63, 3.8) is 0 Å². The number of pyridine rings is 1. The Bertz CT molecular complexity index is 389. The summed E-state index contributed by atoms with van der Waals surface area (Å²) in [5.74, 6) is 1.35. The van der Waals surface area contributed by atoms with Crippen molar-refractivity contribution < 1.29 is 4.39 Å². The molecule has 1 aliphatic heterocycles. The van der Waals surface area contributed by atoms with Gasteiger partial charge in [0.1, 0.15) is 11.6 Å². The van der Waals surface area contributed by atoms with Gasteiger partial charge in [0.2, 0.25) is 0 Å². The maximum Gasteiger partial charge on any atom is 0.141 e. The predicted octanol–water partition coefficient (Wildman–Crippen LogP) is 2.19. The summed E-state index contributed by atoms with van der Waals surface area (Å²) in [7, 11) is 0. The van der Waals surface area contributed by atoms with Crippen LogP contribution in [0.4, 0.5) is 10.2 Å². The second-order valence-corrected chi connectivity index (χ2v) is 5.47. The minimum Gasteiger partial charge on any atom is -0.356 e. The Kier molecular flexibility index (Phi) is 3.46.